The summed E-state index contributed by atoms with van der Waals surface area (Å²) in [6.07, 6.45) is 0. The van der Waals surface area contributed by atoms with Crippen molar-refractivity contribution in [3.05, 3.63) is 28.8 Å². The lowest BCUT2D eigenvalue weighted by Gasteiger charge is -2.34. The molecule has 1 fully saturated rings. The molecule has 1 N–H and O–H groups in total. The van der Waals surface area contributed by atoms with E-state index >= 15 is 0 Å². The Morgan fingerprint density at radius 1 is 1.35 bits per heavy atom. The molecule has 1 aliphatic rings. The lowest BCUT2D eigenvalue weighted by Crippen LogP contribution is -2.49. The molecule has 0 spiro atoms. The highest BCUT2D eigenvalue weighted by Gasteiger charge is 2.23. The fourth-order valence-electron chi connectivity index (χ4n) is 2.26. The van der Waals surface area contributed by atoms with Crippen LogP contribution in [0, 0.1) is 0 Å². The summed E-state index contributed by atoms with van der Waals surface area (Å²) < 4.78 is 0. The molecule has 110 valence electrons. The lowest BCUT2D eigenvalue weighted by molar-refractivity contribution is -0.129. The van der Waals surface area contributed by atoms with E-state index < -0.39 is 0 Å². The second kappa shape index (κ2) is 6.46. The number of carbonyl (C=O) groups is 1. The van der Waals surface area contributed by atoms with E-state index in [1.807, 2.05) is 25.2 Å². The van der Waals surface area contributed by atoms with Gasteiger partial charge in [-0.1, -0.05) is 31.5 Å². The van der Waals surface area contributed by atoms with E-state index in [4.69, 9.17) is 11.6 Å². The summed E-state index contributed by atoms with van der Waals surface area (Å²) in [5, 5.41) is 4.12. The molecule has 1 aliphatic heterocycles. The van der Waals surface area contributed by atoms with Gasteiger partial charge in [-0.2, -0.15) is 0 Å². The minimum absolute atomic E-state index is 0.152. The van der Waals surface area contributed by atoms with Crippen molar-refractivity contribution in [2.75, 3.05) is 31.6 Å². The van der Waals surface area contributed by atoms with E-state index in [1.54, 1.807) is 4.90 Å². The van der Waals surface area contributed by atoms with Crippen molar-refractivity contribution in [1.82, 2.24) is 10.2 Å². The Balaban J connectivity index is 2.20. The van der Waals surface area contributed by atoms with Crippen LogP contribution in [0.4, 0.5) is 5.69 Å². The van der Waals surface area contributed by atoms with Crippen LogP contribution in [0.2, 0.25) is 5.02 Å². The molecule has 1 amide bonds. The van der Waals surface area contributed by atoms with Gasteiger partial charge in [0.2, 0.25) is 5.91 Å². The van der Waals surface area contributed by atoms with E-state index in [1.165, 1.54) is 5.56 Å². The largest absolute Gasteiger partial charge is 0.360 e. The molecule has 2 rings (SSSR count). The average Bonchev–Trinajstić information content (AvgIpc) is 2.40. The van der Waals surface area contributed by atoms with Gasteiger partial charge in [-0.25, -0.2) is 0 Å². The third kappa shape index (κ3) is 3.64. The highest BCUT2D eigenvalue weighted by atomic mass is 35.5. The zero-order valence-corrected chi connectivity index (χ0v) is 13.1. The van der Waals surface area contributed by atoms with Crippen LogP contribution in [0.15, 0.2) is 18.2 Å². The SMILES string of the molecule is CC(C)NCc1ccc(Cl)cc1N1CCN(C)C(=O)C1. The third-order valence-electron chi connectivity index (χ3n) is 3.55. The summed E-state index contributed by atoms with van der Waals surface area (Å²) >= 11 is 6.12. The van der Waals surface area contributed by atoms with Crippen LogP contribution in [0.5, 0.6) is 0 Å². The van der Waals surface area contributed by atoms with Gasteiger partial charge in [0.1, 0.15) is 0 Å². The van der Waals surface area contributed by atoms with Crippen LogP contribution in [0.1, 0.15) is 19.4 Å². The van der Waals surface area contributed by atoms with Crippen LogP contribution in [0.3, 0.4) is 0 Å². The number of benzene rings is 1. The molecular weight excluding hydrogens is 274 g/mol. The number of hydrogen-bond donors (Lipinski definition) is 1. The Kier molecular flexibility index (Phi) is 4.89. The molecule has 0 atom stereocenters. The molecule has 0 saturated carbocycles. The van der Waals surface area contributed by atoms with Crippen LogP contribution < -0.4 is 10.2 Å². The summed E-state index contributed by atoms with van der Waals surface area (Å²) in [7, 11) is 1.85. The van der Waals surface area contributed by atoms with Crippen molar-refractivity contribution in [2.24, 2.45) is 0 Å². The van der Waals surface area contributed by atoms with Crippen LogP contribution in [-0.4, -0.2) is 43.5 Å². The monoisotopic (exact) mass is 295 g/mol. The minimum Gasteiger partial charge on any atom is -0.360 e. The second-order valence-corrected chi connectivity index (χ2v) is 5.98. The lowest BCUT2D eigenvalue weighted by atomic mass is 10.1. The average molecular weight is 296 g/mol. The molecule has 1 heterocycles. The van der Waals surface area contributed by atoms with Gasteiger partial charge in [0, 0.05) is 43.4 Å². The number of amides is 1. The smallest absolute Gasteiger partial charge is 0.241 e. The number of anilines is 1. The van der Waals surface area contributed by atoms with Crippen molar-refractivity contribution in [3.8, 4) is 0 Å². The maximum absolute atomic E-state index is 11.9. The van der Waals surface area contributed by atoms with E-state index in [9.17, 15) is 4.79 Å². The topological polar surface area (TPSA) is 35.6 Å². The summed E-state index contributed by atoms with van der Waals surface area (Å²) in [6, 6.07) is 6.32. The zero-order chi connectivity index (χ0) is 14.7. The van der Waals surface area contributed by atoms with Crippen LogP contribution in [-0.2, 0) is 11.3 Å². The molecule has 5 heteroatoms. The van der Waals surface area contributed by atoms with Crippen LogP contribution in [0.25, 0.3) is 0 Å². The quantitative estimate of drug-likeness (QED) is 0.924. The molecule has 20 heavy (non-hydrogen) atoms. The standard InChI is InChI=1S/C15H22ClN3O/c1-11(2)17-9-12-4-5-13(16)8-14(12)19-7-6-18(3)15(20)10-19/h4-5,8,11,17H,6-7,9-10H2,1-3H3. The molecule has 0 bridgehead atoms. The predicted octanol–water partition coefficient (Wildman–Crippen LogP) is 2.12. The molecule has 0 radical (unpaired) electrons. The summed E-state index contributed by atoms with van der Waals surface area (Å²) in [6.45, 7) is 7.04. The summed E-state index contributed by atoms with van der Waals surface area (Å²) in [4.78, 5) is 15.8. The zero-order valence-electron chi connectivity index (χ0n) is 12.3. The van der Waals surface area contributed by atoms with Crippen molar-refractivity contribution in [3.63, 3.8) is 0 Å². The van der Waals surface area contributed by atoms with Crippen LogP contribution >= 0.6 is 11.6 Å². The number of nitrogens with zero attached hydrogens (tertiary/aromatic N) is 2. The summed E-state index contributed by atoms with van der Waals surface area (Å²) in [5.74, 6) is 0.152. The Labute approximate surface area is 125 Å². The molecule has 0 unspecified atom stereocenters. The maximum atomic E-state index is 11.9. The maximum Gasteiger partial charge on any atom is 0.241 e. The number of likely N-dealkylation sites (N-methyl/N-ethyl adjacent to an activating group) is 1. The van der Waals surface area contributed by atoms with Gasteiger partial charge in [0.25, 0.3) is 0 Å². The van der Waals surface area contributed by atoms with Gasteiger partial charge in [0.05, 0.1) is 6.54 Å². The highest BCUT2D eigenvalue weighted by Crippen LogP contribution is 2.26. The Hall–Kier alpha value is -1.26. The van der Waals surface area contributed by atoms with Gasteiger partial charge < -0.3 is 15.1 Å². The molecule has 1 aromatic carbocycles. The number of halogens is 1. The second-order valence-electron chi connectivity index (χ2n) is 5.55. The Morgan fingerprint density at radius 2 is 2.10 bits per heavy atom. The fraction of sp³-hybridized carbons (Fsp3) is 0.533. The summed E-state index contributed by atoms with van der Waals surface area (Å²) in [5.41, 5.74) is 2.24. The number of hydrogen-bond acceptors (Lipinski definition) is 3. The number of rotatable bonds is 4. The molecule has 4 nitrogen and oxygen atoms in total. The predicted molar refractivity (Wildman–Crippen MR) is 83.3 cm³/mol. The van der Waals surface area contributed by atoms with Gasteiger partial charge in [-0.3, -0.25) is 4.79 Å². The van der Waals surface area contributed by atoms with Gasteiger partial charge in [-0.05, 0) is 17.7 Å². The Bertz CT molecular complexity index is 490. The van der Waals surface area contributed by atoms with Crippen molar-refractivity contribution in [2.45, 2.75) is 26.4 Å². The van der Waals surface area contributed by atoms with Gasteiger partial charge in [-0.15, -0.1) is 0 Å². The van der Waals surface area contributed by atoms with Crippen molar-refractivity contribution >= 4 is 23.2 Å². The first-order valence-corrected chi connectivity index (χ1v) is 7.36. The first kappa shape index (κ1) is 15.1. The van der Waals surface area contributed by atoms with E-state index in [2.05, 4.69) is 24.1 Å². The highest BCUT2D eigenvalue weighted by molar-refractivity contribution is 6.30. The van der Waals surface area contributed by atoms with Gasteiger partial charge >= 0.3 is 0 Å². The van der Waals surface area contributed by atoms with E-state index in [0.717, 1.165) is 25.3 Å². The first-order chi connectivity index (χ1) is 9.47. The Morgan fingerprint density at radius 3 is 2.75 bits per heavy atom. The molecular formula is C15H22ClN3O. The normalized spacial score (nSPS) is 16.1. The minimum atomic E-state index is 0.152. The van der Waals surface area contributed by atoms with Crippen molar-refractivity contribution in [1.29, 1.82) is 0 Å². The van der Waals surface area contributed by atoms with Gasteiger partial charge in [0.15, 0.2) is 0 Å². The number of nitrogens with one attached hydrogen (secondary N) is 1. The van der Waals surface area contributed by atoms with E-state index in [0.29, 0.717) is 17.6 Å². The molecule has 0 aromatic heterocycles. The third-order valence-corrected chi connectivity index (χ3v) is 3.78. The molecule has 1 aromatic rings. The first-order valence-electron chi connectivity index (χ1n) is 6.98. The molecule has 1 saturated heterocycles. The van der Waals surface area contributed by atoms with E-state index in [-0.39, 0.29) is 5.91 Å². The number of piperazine rings is 1. The molecule has 0 aliphatic carbocycles. The number of carbonyl (C=O) groups excluding carboxylic acids is 1. The fourth-order valence-corrected chi connectivity index (χ4v) is 2.43. The van der Waals surface area contributed by atoms with Crippen molar-refractivity contribution < 1.29 is 4.79 Å².